The summed E-state index contributed by atoms with van der Waals surface area (Å²) >= 11 is 1.66. The van der Waals surface area contributed by atoms with Crippen LogP contribution in [-0.2, 0) is 39.7 Å². The van der Waals surface area contributed by atoms with Crippen molar-refractivity contribution in [1.29, 1.82) is 0 Å². The Morgan fingerprint density at radius 2 is 1.64 bits per heavy atom. The number of benzene rings is 4. The zero-order valence-corrected chi connectivity index (χ0v) is 26.5. The predicted octanol–water partition coefficient (Wildman–Crippen LogP) is 6.40. The molecule has 3 atom stereocenters. The van der Waals surface area contributed by atoms with Crippen molar-refractivity contribution < 1.29 is 23.0 Å². The van der Waals surface area contributed by atoms with Crippen LogP contribution >= 0.6 is 11.8 Å². The van der Waals surface area contributed by atoms with Crippen LogP contribution in [0.4, 0.5) is 0 Å². The summed E-state index contributed by atoms with van der Waals surface area (Å²) in [5.74, 6) is 0.731. The molecule has 0 spiro atoms. The number of hydrogen-bond donors (Lipinski definition) is 2. The molecule has 0 saturated carbocycles. The smallest absolute Gasteiger partial charge is 0.240 e. The van der Waals surface area contributed by atoms with Gasteiger partial charge in [0, 0.05) is 43.7 Å². The summed E-state index contributed by atoms with van der Waals surface area (Å²) < 4.78 is 43.0. The standard InChI is InChI=1S/C35H35N3O5S2/c1-38-19-18-36-35(38)44-24-31-21-33(28-12-10-25(23-39)11-13-28)43-34(42-31)29-16-14-27(15-17-29)30-7-5-6-26(20-30)22-37-45(40,41)32-8-3-2-4-9-32/h2-20,31,33-34,37,39H,21-24H2,1H3/t31-,33+,34+/m0/s1. The molecular weight excluding hydrogens is 607 g/mol. The summed E-state index contributed by atoms with van der Waals surface area (Å²) in [5, 5.41) is 10.4. The fraction of sp³-hybridized carbons (Fsp3) is 0.229. The predicted molar refractivity (Wildman–Crippen MR) is 175 cm³/mol. The third-order valence-electron chi connectivity index (χ3n) is 7.75. The Hall–Kier alpha value is -3.77. The Kier molecular flexibility index (Phi) is 9.79. The van der Waals surface area contributed by atoms with E-state index in [1.54, 1.807) is 48.3 Å². The minimum atomic E-state index is -3.60. The van der Waals surface area contributed by atoms with Crippen molar-refractivity contribution in [2.45, 2.75) is 48.1 Å². The summed E-state index contributed by atoms with van der Waals surface area (Å²) in [4.78, 5) is 4.68. The van der Waals surface area contributed by atoms with Gasteiger partial charge in [0.2, 0.25) is 10.0 Å². The van der Waals surface area contributed by atoms with Crippen LogP contribution in [0.15, 0.2) is 126 Å². The first kappa shape index (κ1) is 31.2. The average Bonchev–Trinajstić information content (AvgIpc) is 3.51. The van der Waals surface area contributed by atoms with Crippen LogP contribution < -0.4 is 4.72 Å². The molecule has 5 aromatic rings. The third-order valence-corrected chi connectivity index (χ3v) is 10.4. The van der Waals surface area contributed by atoms with Crippen LogP contribution in [0.5, 0.6) is 0 Å². The van der Waals surface area contributed by atoms with Crippen LogP contribution in [0.3, 0.4) is 0 Å². The van der Waals surface area contributed by atoms with Gasteiger partial charge in [-0.05, 0) is 46.0 Å². The lowest BCUT2D eigenvalue weighted by molar-refractivity contribution is -0.245. The SMILES string of the molecule is Cn1ccnc1SC[C@@H]1C[C@H](c2ccc(CO)cc2)O[C@H](c2ccc(-c3cccc(CNS(=O)(=O)c4ccccc4)c3)cc2)O1. The molecule has 1 aromatic heterocycles. The number of aromatic nitrogens is 2. The molecule has 1 aliphatic rings. The zero-order valence-electron chi connectivity index (χ0n) is 24.8. The van der Waals surface area contributed by atoms with Gasteiger partial charge in [0.15, 0.2) is 11.4 Å². The van der Waals surface area contributed by atoms with E-state index in [1.165, 1.54) is 0 Å². The van der Waals surface area contributed by atoms with Crippen LogP contribution in [0.2, 0.25) is 0 Å². The first-order chi connectivity index (χ1) is 21.9. The van der Waals surface area contributed by atoms with Crippen molar-refractivity contribution in [2.75, 3.05) is 5.75 Å². The first-order valence-corrected chi connectivity index (χ1v) is 17.2. The molecule has 2 N–H and O–H groups in total. The highest BCUT2D eigenvalue weighted by molar-refractivity contribution is 7.99. The monoisotopic (exact) mass is 641 g/mol. The third kappa shape index (κ3) is 7.73. The van der Waals surface area contributed by atoms with Crippen LogP contribution in [0.25, 0.3) is 11.1 Å². The zero-order chi connectivity index (χ0) is 31.2. The summed E-state index contributed by atoms with van der Waals surface area (Å²) in [6.45, 7) is 0.185. The maximum atomic E-state index is 12.7. The van der Waals surface area contributed by atoms with Gasteiger partial charge < -0.3 is 19.1 Å². The number of aliphatic hydroxyl groups excluding tert-OH is 1. The molecule has 45 heavy (non-hydrogen) atoms. The molecule has 1 aliphatic heterocycles. The quantitative estimate of drug-likeness (QED) is 0.161. The highest BCUT2D eigenvalue weighted by Crippen LogP contribution is 2.39. The second kappa shape index (κ2) is 14.1. The first-order valence-electron chi connectivity index (χ1n) is 14.7. The minimum Gasteiger partial charge on any atom is -0.392 e. The lowest BCUT2D eigenvalue weighted by atomic mass is 9.99. The topological polar surface area (TPSA) is 103 Å². The van der Waals surface area contributed by atoms with Gasteiger partial charge in [-0.3, -0.25) is 0 Å². The van der Waals surface area contributed by atoms with Crippen molar-refractivity contribution in [1.82, 2.24) is 14.3 Å². The molecule has 4 aromatic carbocycles. The summed E-state index contributed by atoms with van der Waals surface area (Å²) in [6, 6.07) is 32.2. The lowest BCUT2D eigenvalue weighted by Gasteiger charge is -2.36. The van der Waals surface area contributed by atoms with E-state index >= 15 is 0 Å². The number of imidazole rings is 1. The Morgan fingerprint density at radius 3 is 2.36 bits per heavy atom. The average molecular weight is 642 g/mol. The van der Waals surface area contributed by atoms with E-state index in [9.17, 15) is 13.5 Å². The maximum Gasteiger partial charge on any atom is 0.240 e. The molecule has 0 radical (unpaired) electrons. The molecule has 1 saturated heterocycles. The van der Waals surface area contributed by atoms with E-state index in [0.29, 0.717) is 6.42 Å². The van der Waals surface area contributed by atoms with Crippen LogP contribution in [-0.4, -0.2) is 34.9 Å². The number of nitrogens with one attached hydrogen (secondary N) is 1. The second-order valence-electron chi connectivity index (χ2n) is 10.9. The number of sulfonamides is 1. The number of rotatable bonds is 11. The molecule has 0 amide bonds. The maximum absolute atomic E-state index is 12.7. The van der Waals surface area contributed by atoms with Gasteiger partial charge in [0.25, 0.3) is 0 Å². The Bertz CT molecular complexity index is 1810. The molecule has 2 heterocycles. The molecule has 10 heteroatoms. The van der Waals surface area contributed by atoms with E-state index < -0.39 is 16.3 Å². The molecule has 0 unspecified atom stereocenters. The Labute approximate surface area is 268 Å². The lowest BCUT2D eigenvalue weighted by Crippen LogP contribution is -2.31. The number of nitrogens with zero attached hydrogens (tertiary/aromatic N) is 2. The van der Waals surface area contributed by atoms with Crippen molar-refractivity contribution in [3.63, 3.8) is 0 Å². The molecule has 6 rings (SSSR count). The highest BCUT2D eigenvalue weighted by Gasteiger charge is 2.32. The Morgan fingerprint density at radius 1 is 0.889 bits per heavy atom. The highest BCUT2D eigenvalue weighted by atomic mass is 32.2. The number of aliphatic hydroxyl groups is 1. The molecule has 0 bridgehead atoms. The second-order valence-corrected chi connectivity index (χ2v) is 13.7. The van der Waals surface area contributed by atoms with E-state index in [-0.39, 0.29) is 30.3 Å². The molecule has 1 fully saturated rings. The van der Waals surface area contributed by atoms with E-state index in [4.69, 9.17) is 9.47 Å². The van der Waals surface area contributed by atoms with Gasteiger partial charge in [-0.2, -0.15) is 0 Å². The van der Waals surface area contributed by atoms with Crippen LogP contribution in [0.1, 0.15) is 41.1 Å². The van der Waals surface area contributed by atoms with Gasteiger partial charge in [0.05, 0.1) is 23.7 Å². The summed E-state index contributed by atoms with van der Waals surface area (Å²) in [6.07, 6.45) is 3.64. The van der Waals surface area contributed by atoms with Gasteiger partial charge in [-0.25, -0.2) is 18.1 Å². The van der Waals surface area contributed by atoms with Gasteiger partial charge in [-0.1, -0.05) is 96.7 Å². The van der Waals surface area contributed by atoms with Gasteiger partial charge >= 0.3 is 0 Å². The number of hydrogen-bond acceptors (Lipinski definition) is 7. The molecular formula is C35H35N3O5S2. The molecule has 232 valence electrons. The Balaban J connectivity index is 1.17. The normalized spacial score (nSPS) is 18.6. The van der Waals surface area contributed by atoms with Crippen molar-refractivity contribution in [3.8, 4) is 11.1 Å². The minimum absolute atomic E-state index is 0.000966. The number of aryl methyl sites for hydroxylation is 1. The van der Waals surface area contributed by atoms with E-state index in [0.717, 1.165) is 44.3 Å². The van der Waals surface area contributed by atoms with Gasteiger partial charge in [0.1, 0.15) is 0 Å². The van der Waals surface area contributed by atoms with E-state index in [1.807, 2.05) is 90.6 Å². The number of thioether (sulfide) groups is 1. The largest absolute Gasteiger partial charge is 0.392 e. The summed E-state index contributed by atoms with van der Waals surface area (Å²) in [5.41, 5.74) is 5.66. The van der Waals surface area contributed by atoms with Crippen molar-refractivity contribution in [2.24, 2.45) is 7.05 Å². The van der Waals surface area contributed by atoms with Crippen molar-refractivity contribution >= 4 is 21.8 Å². The van der Waals surface area contributed by atoms with Crippen LogP contribution in [0, 0.1) is 0 Å². The molecule has 0 aliphatic carbocycles. The van der Waals surface area contributed by atoms with Crippen molar-refractivity contribution in [3.05, 3.63) is 138 Å². The fourth-order valence-corrected chi connectivity index (χ4v) is 7.22. The van der Waals surface area contributed by atoms with Gasteiger partial charge in [-0.15, -0.1) is 0 Å². The van der Waals surface area contributed by atoms with E-state index in [2.05, 4.69) is 9.71 Å². The fourth-order valence-electron chi connectivity index (χ4n) is 5.24. The number of ether oxygens (including phenoxy) is 2. The summed E-state index contributed by atoms with van der Waals surface area (Å²) in [7, 11) is -1.62. The molecule has 8 nitrogen and oxygen atoms in total.